The molecule has 0 saturated heterocycles. The van der Waals surface area contributed by atoms with Crippen LogP contribution in [0.15, 0.2) is 23.6 Å². The second-order valence-electron chi connectivity index (χ2n) is 3.34. The van der Waals surface area contributed by atoms with Crippen molar-refractivity contribution in [3.8, 4) is 11.9 Å². The second kappa shape index (κ2) is 4.36. The zero-order valence-corrected chi connectivity index (χ0v) is 10.6. The first-order chi connectivity index (χ1) is 8.43. The highest BCUT2D eigenvalue weighted by Crippen LogP contribution is 2.21. The third-order valence-corrected chi connectivity index (χ3v) is 3.38. The molecule has 0 aliphatic rings. The van der Waals surface area contributed by atoms with Gasteiger partial charge in [0.2, 0.25) is 0 Å². The van der Waals surface area contributed by atoms with Gasteiger partial charge in [0, 0.05) is 22.4 Å². The molecule has 0 unspecified atom stereocenters. The first-order valence-corrected chi connectivity index (χ1v) is 6.96. The molecule has 92 valence electrons. The fourth-order valence-electron chi connectivity index (χ4n) is 1.37. The molecule has 0 aliphatic heterocycles. The number of nitrogens with zero attached hydrogens (tertiary/aromatic N) is 5. The molecule has 2 rings (SSSR count). The summed E-state index contributed by atoms with van der Waals surface area (Å²) in [6, 6.07) is 3.24. The second-order valence-corrected chi connectivity index (χ2v) is 5.82. The first-order valence-electron chi connectivity index (χ1n) is 4.65. The summed E-state index contributed by atoms with van der Waals surface area (Å²) < 4.78 is 23.9. The van der Waals surface area contributed by atoms with Crippen LogP contribution in [-0.2, 0) is 9.05 Å². The molecule has 0 aliphatic carbocycles. The van der Waals surface area contributed by atoms with Gasteiger partial charge in [0.15, 0.2) is 10.8 Å². The smallest absolute Gasteiger partial charge is 0.242 e. The van der Waals surface area contributed by atoms with Gasteiger partial charge in [0.1, 0.15) is 18.0 Å². The van der Waals surface area contributed by atoms with Crippen LogP contribution in [0.4, 0.5) is 0 Å². The Labute approximate surface area is 107 Å². The third-order valence-electron chi connectivity index (χ3n) is 2.08. The van der Waals surface area contributed by atoms with Gasteiger partial charge in [-0.05, 0) is 6.92 Å². The monoisotopic (exact) mass is 283 g/mol. The van der Waals surface area contributed by atoms with Crippen LogP contribution in [0.2, 0.25) is 0 Å². The number of hydrogen-bond donors (Lipinski definition) is 0. The van der Waals surface area contributed by atoms with Crippen molar-refractivity contribution in [2.45, 2.75) is 11.9 Å². The van der Waals surface area contributed by atoms with Crippen molar-refractivity contribution in [1.82, 2.24) is 19.7 Å². The lowest BCUT2D eigenvalue weighted by Gasteiger charge is -2.04. The van der Waals surface area contributed by atoms with E-state index in [0.717, 1.165) is 10.9 Å². The summed E-state index contributed by atoms with van der Waals surface area (Å²) in [5, 5.41) is 12.2. The van der Waals surface area contributed by atoms with Crippen LogP contribution < -0.4 is 0 Å². The van der Waals surface area contributed by atoms with E-state index in [0.29, 0.717) is 5.69 Å². The maximum Gasteiger partial charge on any atom is 0.280 e. The van der Waals surface area contributed by atoms with Crippen LogP contribution >= 0.6 is 10.7 Å². The van der Waals surface area contributed by atoms with E-state index in [-0.39, 0.29) is 11.4 Å². The Kier molecular flexibility index (Phi) is 3.02. The molecule has 18 heavy (non-hydrogen) atoms. The molecule has 0 radical (unpaired) electrons. The van der Waals surface area contributed by atoms with Crippen LogP contribution in [0, 0.1) is 18.3 Å². The topological polar surface area (TPSA) is 102 Å². The zero-order chi connectivity index (χ0) is 13.3. The van der Waals surface area contributed by atoms with Crippen molar-refractivity contribution in [3.63, 3.8) is 0 Å². The highest BCUT2D eigenvalue weighted by molar-refractivity contribution is 8.13. The molecular formula is C9H6ClN5O2S. The number of hydrogen-bond acceptors (Lipinski definition) is 6. The third kappa shape index (κ3) is 2.18. The lowest BCUT2D eigenvalue weighted by Crippen LogP contribution is -2.08. The van der Waals surface area contributed by atoms with Crippen molar-refractivity contribution in [2.24, 2.45) is 0 Å². The van der Waals surface area contributed by atoms with Crippen LogP contribution in [-0.4, -0.2) is 28.2 Å². The SMILES string of the molecule is Cc1cc(-n2ncc(C#N)c2S(=O)(=O)Cl)ncn1. The van der Waals surface area contributed by atoms with E-state index in [1.54, 1.807) is 13.0 Å². The zero-order valence-electron chi connectivity index (χ0n) is 9.07. The molecule has 0 bridgehead atoms. The van der Waals surface area contributed by atoms with Gasteiger partial charge < -0.3 is 0 Å². The molecule has 7 nitrogen and oxygen atoms in total. The summed E-state index contributed by atoms with van der Waals surface area (Å²) in [5.74, 6) is 0.225. The van der Waals surface area contributed by atoms with Crippen molar-refractivity contribution >= 4 is 19.7 Å². The first kappa shape index (κ1) is 12.5. The maximum absolute atomic E-state index is 11.5. The number of rotatable bonds is 2. The van der Waals surface area contributed by atoms with Crippen LogP contribution in [0.25, 0.3) is 5.82 Å². The molecule has 0 saturated carbocycles. The minimum Gasteiger partial charge on any atom is -0.242 e. The molecule has 0 fully saturated rings. The average Bonchev–Trinajstić information content (AvgIpc) is 2.72. The summed E-state index contributed by atoms with van der Waals surface area (Å²) in [7, 11) is 1.19. The van der Waals surface area contributed by atoms with Gasteiger partial charge in [0.05, 0.1) is 6.20 Å². The van der Waals surface area contributed by atoms with Crippen LogP contribution in [0.1, 0.15) is 11.3 Å². The van der Waals surface area contributed by atoms with E-state index < -0.39 is 14.1 Å². The minimum atomic E-state index is -4.10. The summed E-state index contributed by atoms with van der Waals surface area (Å²) in [5.41, 5.74) is 0.494. The Morgan fingerprint density at radius 1 is 1.44 bits per heavy atom. The fraction of sp³-hybridized carbons (Fsp3) is 0.111. The lowest BCUT2D eigenvalue weighted by molar-refractivity contribution is 0.598. The van der Waals surface area contributed by atoms with Crippen molar-refractivity contribution in [3.05, 3.63) is 29.8 Å². The number of aromatic nitrogens is 4. The molecule has 9 heteroatoms. The normalized spacial score (nSPS) is 11.2. The largest absolute Gasteiger partial charge is 0.280 e. The Morgan fingerprint density at radius 2 is 2.17 bits per heavy atom. The van der Waals surface area contributed by atoms with Gasteiger partial charge in [-0.3, -0.25) is 0 Å². The van der Waals surface area contributed by atoms with Gasteiger partial charge in [0.25, 0.3) is 9.05 Å². The molecule has 0 N–H and O–H groups in total. The Bertz CT molecular complexity index is 747. The fourth-order valence-corrected chi connectivity index (χ4v) is 2.52. The average molecular weight is 284 g/mol. The van der Waals surface area contributed by atoms with E-state index in [2.05, 4.69) is 15.1 Å². The Morgan fingerprint density at radius 3 is 2.72 bits per heavy atom. The standard InChI is InChI=1S/C9H6ClN5O2S/c1-6-2-8(13-5-12-6)15-9(18(10,16)17)7(3-11)4-14-15/h2,4-5H,1H3. The van der Waals surface area contributed by atoms with Crippen LogP contribution in [0.5, 0.6) is 0 Å². The molecule has 0 aromatic carbocycles. The molecule has 2 aromatic rings. The van der Waals surface area contributed by atoms with Gasteiger partial charge >= 0.3 is 0 Å². The van der Waals surface area contributed by atoms with Gasteiger partial charge in [-0.2, -0.15) is 10.4 Å². The molecular weight excluding hydrogens is 278 g/mol. The van der Waals surface area contributed by atoms with Gasteiger partial charge in [-0.25, -0.2) is 23.1 Å². The highest BCUT2D eigenvalue weighted by Gasteiger charge is 2.24. The van der Waals surface area contributed by atoms with E-state index in [4.69, 9.17) is 15.9 Å². The number of halogens is 1. The van der Waals surface area contributed by atoms with Gasteiger partial charge in [-0.15, -0.1) is 0 Å². The van der Waals surface area contributed by atoms with E-state index in [1.165, 1.54) is 12.4 Å². The van der Waals surface area contributed by atoms with Gasteiger partial charge in [-0.1, -0.05) is 0 Å². The Balaban J connectivity index is 2.75. The van der Waals surface area contributed by atoms with Crippen LogP contribution in [0.3, 0.4) is 0 Å². The molecule has 2 heterocycles. The summed E-state index contributed by atoms with van der Waals surface area (Å²) in [6.45, 7) is 1.72. The number of aryl methyl sites for hydroxylation is 1. The summed E-state index contributed by atoms with van der Waals surface area (Å²) >= 11 is 0. The Hall–Kier alpha value is -1.98. The summed E-state index contributed by atoms with van der Waals surface area (Å²) in [6.07, 6.45) is 2.38. The predicted octanol–water partition coefficient (Wildman–Crippen LogP) is 0.770. The van der Waals surface area contributed by atoms with Crippen molar-refractivity contribution in [1.29, 1.82) is 5.26 Å². The number of nitriles is 1. The van der Waals surface area contributed by atoms with Crippen molar-refractivity contribution in [2.75, 3.05) is 0 Å². The molecule has 0 spiro atoms. The van der Waals surface area contributed by atoms with E-state index in [1.807, 2.05) is 0 Å². The lowest BCUT2D eigenvalue weighted by atomic mass is 10.4. The van der Waals surface area contributed by atoms with E-state index in [9.17, 15) is 8.42 Å². The minimum absolute atomic E-state index is 0.138. The predicted molar refractivity (Wildman–Crippen MR) is 61.6 cm³/mol. The van der Waals surface area contributed by atoms with E-state index >= 15 is 0 Å². The van der Waals surface area contributed by atoms with Crippen molar-refractivity contribution < 1.29 is 8.42 Å². The molecule has 0 amide bonds. The maximum atomic E-state index is 11.5. The summed E-state index contributed by atoms with van der Waals surface area (Å²) in [4.78, 5) is 7.77. The molecule has 2 aromatic heterocycles. The molecule has 0 atom stereocenters. The highest BCUT2D eigenvalue weighted by atomic mass is 35.7. The quantitative estimate of drug-likeness (QED) is 0.754.